The number of carbonyl (C=O) groups excluding carboxylic acids is 2. The van der Waals surface area contributed by atoms with Gasteiger partial charge in [-0.1, -0.05) is 36.4 Å². The Hall–Kier alpha value is -3.74. The summed E-state index contributed by atoms with van der Waals surface area (Å²) in [6.45, 7) is -0.316. The lowest BCUT2D eigenvalue weighted by atomic mass is 9.98. The summed E-state index contributed by atoms with van der Waals surface area (Å²) in [6, 6.07) is 18.3. The van der Waals surface area contributed by atoms with Crippen LogP contribution in [0.15, 0.2) is 72.8 Å². The van der Waals surface area contributed by atoms with Gasteiger partial charge in [0.25, 0.3) is 5.91 Å². The zero-order valence-electron chi connectivity index (χ0n) is 16.9. The summed E-state index contributed by atoms with van der Waals surface area (Å²) >= 11 is 0. The van der Waals surface area contributed by atoms with Crippen molar-refractivity contribution in [1.29, 1.82) is 0 Å². The third kappa shape index (κ3) is 6.12. The number of hydrogen-bond donors (Lipinski definition) is 2. The van der Waals surface area contributed by atoms with E-state index in [0.717, 1.165) is 11.1 Å². The van der Waals surface area contributed by atoms with Crippen LogP contribution in [0.4, 0.5) is 8.78 Å². The lowest BCUT2D eigenvalue weighted by molar-refractivity contribution is -0.120. The van der Waals surface area contributed by atoms with Gasteiger partial charge in [-0.05, 0) is 53.9 Å². The van der Waals surface area contributed by atoms with Gasteiger partial charge in [-0.15, -0.1) is 0 Å². The number of hydrogen-bond acceptors (Lipinski definition) is 3. The van der Waals surface area contributed by atoms with Gasteiger partial charge in [-0.25, -0.2) is 8.78 Å². The van der Waals surface area contributed by atoms with E-state index in [1.807, 2.05) is 12.1 Å². The Bertz CT molecular complexity index is 1040. The summed E-state index contributed by atoms with van der Waals surface area (Å²) in [5, 5.41) is 5.30. The van der Waals surface area contributed by atoms with Gasteiger partial charge in [-0.3, -0.25) is 9.59 Å². The normalized spacial score (nSPS) is 11.5. The molecule has 0 fully saturated rings. The Morgan fingerprint density at radius 3 is 2.26 bits per heavy atom. The first-order chi connectivity index (χ1) is 15.0. The molecule has 3 rings (SSSR count). The molecular formula is C24H22F2N2O3. The summed E-state index contributed by atoms with van der Waals surface area (Å²) in [5.41, 5.74) is 1.52. The lowest BCUT2D eigenvalue weighted by Gasteiger charge is -2.20. The minimum atomic E-state index is -0.673. The number of carbonyl (C=O) groups is 2. The van der Waals surface area contributed by atoms with Gasteiger partial charge in [-0.2, -0.15) is 0 Å². The molecule has 0 heterocycles. The second-order valence-electron chi connectivity index (χ2n) is 6.89. The standard InChI is InChI=1S/C24H22F2N2O3/c1-31-19-12-8-17(9-13-19)22(14-16-6-10-18(25)11-7-16)28-23(29)15-27-24(30)20-4-2-3-5-21(20)26/h2-13,22H,14-15H2,1H3,(H,27,30)(H,28,29). The van der Waals surface area contributed by atoms with Gasteiger partial charge in [0.1, 0.15) is 17.4 Å². The zero-order chi connectivity index (χ0) is 22.2. The largest absolute Gasteiger partial charge is 0.497 e. The number of halogens is 2. The highest BCUT2D eigenvalue weighted by Crippen LogP contribution is 2.21. The van der Waals surface area contributed by atoms with Crippen molar-refractivity contribution in [2.75, 3.05) is 13.7 Å². The topological polar surface area (TPSA) is 67.4 Å². The van der Waals surface area contributed by atoms with Crippen LogP contribution < -0.4 is 15.4 Å². The average Bonchev–Trinajstić information content (AvgIpc) is 2.79. The predicted octanol–water partition coefficient (Wildman–Crippen LogP) is 3.80. The summed E-state index contributed by atoms with van der Waals surface area (Å²) < 4.78 is 32.1. The molecule has 31 heavy (non-hydrogen) atoms. The minimum Gasteiger partial charge on any atom is -0.497 e. The molecule has 2 amide bonds. The number of rotatable bonds is 8. The van der Waals surface area contributed by atoms with Gasteiger partial charge in [0.05, 0.1) is 25.3 Å². The first-order valence-electron chi connectivity index (χ1n) is 9.66. The highest BCUT2D eigenvalue weighted by molar-refractivity contribution is 5.96. The third-order valence-electron chi connectivity index (χ3n) is 4.73. The van der Waals surface area contributed by atoms with Crippen LogP contribution >= 0.6 is 0 Å². The van der Waals surface area contributed by atoms with Gasteiger partial charge in [0, 0.05) is 0 Å². The molecule has 160 valence electrons. The maximum atomic E-state index is 13.7. The summed E-state index contributed by atoms with van der Waals surface area (Å²) in [7, 11) is 1.56. The molecule has 0 saturated heterocycles. The van der Waals surface area contributed by atoms with Crippen molar-refractivity contribution in [3.8, 4) is 5.75 Å². The molecule has 3 aromatic rings. The van der Waals surface area contributed by atoms with Gasteiger partial charge >= 0.3 is 0 Å². The van der Waals surface area contributed by atoms with Crippen LogP contribution in [0, 0.1) is 11.6 Å². The zero-order valence-corrected chi connectivity index (χ0v) is 16.9. The Balaban J connectivity index is 1.69. The quantitative estimate of drug-likeness (QED) is 0.578. The molecular weight excluding hydrogens is 402 g/mol. The number of methoxy groups -OCH3 is 1. The SMILES string of the molecule is COc1ccc(C(Cc2ccc(F)cc2)NC(=O)CNC(=O)c2ccccc2F)cc1. The number of nitrogens with one attached hydrogen (secondary N) is 2. The van der Waals surface area contributed by atoms with Crippen LogP contribution in [-0.4, -0.2) is 25.5 Å². The monoisotopic (exact) mass is 424 g/mol. The smallest absolute Gasteiger partial charge is 0.254 e. The van der Waals surface area contributed by atoms with Crippen molar-refractivity contribution in [3.63, 3.8) is 0 Å². The minimum absolute atomic E-state index is 0.131. The summed E-state index contributed by atoms with van der Waals surface area (Å²) in [4.78, 5) is 24.6. The maximum Gasteiger partial charge on any atom is 0.254 e. The number of ether oxygens (including phenoxy) is 1. The Morgan fingerprint density at radius 1 is 0.935 bits per heavy atom. The highest BCUT2D eigenvalue weighted by atomic mass is 19.1. The van der Waals surface area contributed by atoms with E-state index in [4.69, 9.17) is 4.74 Å². The highest BCUT2D eigenvalue weighted by Gasteiger charge is 2.17. The van der Waals surface area contributed by atoms with Crippen LogP contribution in [0.25, 0.3) is 0 Å². The van der Waals surface area contributed by atoms with Crippen molar-refractivity contribution < 1.29 is 23.1 Å². The predicted molar refractivity (Wildman–Crippen MR) is 113 cm³/mol. The lowest BCUT2D eigenvalue weighted by Crippen LogP contribution is -2.39. The van der Waals surface area contributed by atoms with E-state index in [-0.39, 0.29) is 17.9 Å². The van der Waals surface area contributed by atoms with Crippen LogP contribution in [0.1, 0.15) is 27.5 Å². The molecule has 5 nitrogen and oxygen atoms in total. The average molecular weight is 424 g/mol. The fourth-order valence-corrected chi connectivity index (χ4v) is 3.09. The van der Waals surface area contributed by atoms with Gasteiger partial charge in [0.2, 0.25) is 5.91 Å². The molecule has 1 atom stereocenters. The summed E-state index contributed by atoms with van der Waals surface area (Å²) in [5.74, 6) is -1.44. The van der Waals surface area contributed by atoms with Crippen molar-refractivity contribution in [1.82, 2.24) is 10.6 Å². The van der Waals surface area contributed by atoms with E-state index in [0.29, 0.717) is 12.2 Å². The summed E-state index contributed by atoms with van der Waals surface area (Å²) in [6.07, 6.45) is 0.416. The Kier molecular flexibility index (Phi) is 7.32. The van der Waals surface area contributed by atoms with Crippen LogP contribution in [0.2, 0.25) is 0 Å². The first-order valence-corrected chi connectivity index (χ1v) is 9.66. The third-order valence-corrected chi connectivity index (χ3v) is 4.73. The van der Waals surface area contributed by atoms with E-state index in [1.54, 1.807) is 37.4 Å². The fraction of sp³-hybridized carbons (Fsp3) is 0.167. The van der Waals surface area contributed by atoms with E-state index >= 15 is 0 Å². The Morgan fingerprint density at radius 2 is 1.61 bits per heavy atom. The molecule has 0 aliphatic rings. The molecule has 0 bridgehead atoms. The van der Waals surface area contributed by atoms with Crippen LogP contribution in [-0.2, 0) is 11.2 Å². The van der Waals surface area contributed by atoms with Gasteiger partial charge < -0.3 is 15.4 Å². The molecule has 0 radical (unpaired) electrons. The van der Waals surface area contributed by atoms with Crippen molar-refractivity contribution in [3.05, 3.63) is 101 Å². The van der Waals surface area contributed by atoms with Crippen molar-refractivity contribution >= 4 is 11.8 Å². The number of benzene rings is 3. The van der Waals surface area contributed by atoms with Crippen molar-refractivity contribution in [2.45, 2.75) is 12.5 Å². The van der Waals surface area contributed by atoms with E-state index in [2.05, 4.69) is 10.6 Å². The fourth-order valence-electron chi connectivity index (χ4n) is 3.09. The number of amides is 2. The van der Waals surface area contributed by atoms with Crippen LogP contribution in [0.5, 0.6) is 5.75 Å². The Labute approximate surface area is 179 Å². The van der Waals surface area contributed by atoms with Crippen molar-refractivity contribution in [2.24, 2.45) is 0 Å². The molecule has 3 aromatic carbocycles. The van der Waals surface area contributed by atoms with E-state index < -0.39 is 23.7 Å². The molecule has 0 saturated carbocycles. The first kappa shape index (κ1) is 22.0. The second kappa shape index (κ2) is 10.3. The molecule has 0 aliphatic heterocycles. The maximum absolute atomic E-state index is 13.7. The molecule has 1 unspecified atom stereocenters. The second-order valence-corrected chi connectivity index (χ2v) is 6.89. The molecule has 0 aromatic heterocycles. The van der Waals surface area contributed by atoms with E-state index in [1.165, 1.54) is 30.3 Å². The molecule has 0 spiro atoms. The molecule has 2 N–H and O–H groups in total. The van der Waals surface area contributed by atoms with E-state index in [9.17, 15) is 18.4 Å². The van der Waals surface area contributed by atoms with Gasteiger partial charge in [0.15, 0.2) is 0 Å². The molecule has 0 aliphatic carbocycles. The molecule has 7 heteroatoms. The van der Waals surface area contributed by atoms with Crippen LogP contribution in [0.3, 0.4) is 0 Å².